The van der Waals surface area contributed by atoms with Crippen LogP contribution < -0.4 is 0 Å². The third-order valence-corrected chi connectivity index (χ3v) is 4.26. The summed E-state index contributed by atoms with van der Waals surface area (Å²) < 4.78 is 8.39. The average Bonchev–Trinajstić information content (AvgIpc) is 2.60. The zero-order valence-electron chi connectivity index (χ0n) is 11.2. The molecule has 1 aliphatic carbocycles. The van der Waals surface area contributed by atoms with Crippen LogP contribution in [-0.2, 0) is 4.74 Å². The molecule has 0 spiro atoms. The molecule has 0 aliphatic heterocycles. The summed E-state index contributed by atoms with van der Waals surface area (Å²) in [5, 5.41) is 7.25. The van der Waals surface area contributed by atoms with Gasteiger partial charge in [0.2, 0.25) is 0 Å². The van der Waals surface area contributed by atoms with Gasteiger partial charge in [-0.2, -0.15) is 5.10 Å². The second-order valence-electron chi connectivity index (χ2n) is 5.71. The lowest BCUT2D eigenvalue weighted by Crippen LogP contribution is -2.51. The van der Waals surface area contributed by atoms with E-state index in [0.717, 1.165) is 17.0 Å². The van der Waals surface area contributed by atoms with Crippen molar-refractivity contribution >= 4 is 12.2 Å². The van der Waals surface area contributed by atoms with Crippen LogP contribution >= 0.6 is 12.2 Å². The zero-order chi connectivity index (χ0) is 12.8. The van der Waals surface area contributed by atoms with Crippen LogP contribution in [-0.4, -0.2) is 28.0 Å². The van der Waals surface area contributed by atoms with E-state index in [2.05, 4.69) is 42.5 Å². The number of rotatable bonds is 3. The average molecular weight is 255 g/mol. The highest BCUT2D eigenvalue weighted by Gasteiger charge is 2.50. The van der Waals surface area contributed by atoms with Crippen molar-refractivity contribution in [3.05, 3.63) is 10.6 Å². The van der Waals surface area contributed by atoms with Gasteiger partial charge in [-0.3, -0.25) is 5.10 Å². The highest BCUT2D eigenvalue weighted by atomic mass is 32.1. The minimum absolute atomic E-state index is 0.112. The lowest BCUT2D eigenvalue weighted by molar-refractivity contribution is -0.114. The number of hydrogen-bond donors (Lipinski definition) is 1. The second-order valence-corrected chi connectivity index (χ2v) is 6.10. The summed E-state index contributed by atoms with van der Waals surface area (Å²) >= 11 is 5.35. The highest BCUT2D eigenvalue weighted by molar-refractivity contribution is 7.71. The lowest BCUT2D eigenvalue weighted by atomic mass is 9.64. The van der Waals surface area contributed by atoms with Crippen LogP contribution in [0.4, 0.5) is 0 Å². The molecule has 2 rings (SSSR count). The monoisotopic (exact) mass is 255 g/mol. The van der Waals surface area contributed by atoms with E-state index < -0.39 is 0 Å². The minimum Gasteiger partial charge on any atom is -0.381 e. The first-order valence-electron chi connectivity index (χ1n) is 6.09. The van der Waals surface area contributed by atoms with Crippen molar-refractivity contribution in [3.8, 4) is 0 Å². The highest BCUT2D eigenvalue weighted by Crippen LogP contribution is 2.51. The molecule has 1 fully saturated rings. The Morgan fingerprint density at radius 3 is 2.65 bits per heavy atom. The van der Waals surface area contributed by atoms with Crippen LogP contribution in [0.25, 0.3) is 0 Å². The first-order chi connectivity index (χ1) is 7.89. The van der Waals surface area contributed by atoms with Gasteiger partial charge in [-0.25, -0.2) is 0 Å². The summed E-state index contributed by atoms with van der Waals surface area (Å²) in [4.78, 5) is 0. The maximum absolute atomic E-state index is 5.49. The number of nitrogens with one attached hydrogen (secondary N) is 1. The molecule has 0 amide bonds. The number of aromatic amines is 1. The van der Waals surface area contributed by atoms with Gasteiger partial charge in [0.05, 0.1) is 6.10 Å². The fourth-order valence-electron chi connectivity index (χ4n) is 2.73. The first kappa shape index (κ1) is 12.8. The quantitative estimate of drug-likeness (QED) is 0.844. The maximum Gasteiger partial charge on any atom is 0.195 e. The predicted molar refractivity (Wildman–Crippen MR) is 69.7 cm³/mol. The Labute approximate surface area is 107 Å². The molecule has 96 valence electrons. The maximum atomic E-state index is 5.49. The number of hydrogen-bond acceptors (Lipinski definition) is 3. The summed E-state index contributed by atoms with van der Waals surface area (Å²) in [5.41, 5.74) is 0.112. The van der Waals surface area contributed by atoms with E-state index in [1.807, 2.05) is 0 Å². The molecule has 1 aromatic rings. The van der Waals surface area contributed by atoms with Crippen LogP contribution in [0.2, 0.25) is 0 Å². The molecule has 5 heteroatoms. The third kappa shape index (κ3) is 1.85. The molecule has 0 bridgehead atoms. The van der Waals surface area contributed by atoms with Gasteiger partial charge >= 0.3 is 0 Å². The van der Waals surface area contributed by atoms with Crippen molar-refractivity contribution in [3.63, 3.8) is 0 Å². The molecular formula is C12H21N3OS. The SMILES string of the molecule is COC1CC(n2c(C(C)C)n[nH]c2=S)C1(C)C. The zero-order valence-corrected chi connectivity index (χ0v) is 12.0. The van der Waals surface area contributed by atoms with Gasteiger partial charge < -0.3 is 9.30 Å². The summed E-state index contributed by atoms with van der Waals surface area (Å²) in [7, 11) is 1.78. The molecule has 17 heavy (non-hydrogen) atoms. The molecule has 4 nitrogen and oxygen atoms in total. The van der Waals surface area contributed by atoms with Crippen molar-refractivity contribution in [1.82, 2.24) is 14.8 Å². The Balaban J connectivity index is 2.37. The molecule has 1 saturated carbocycles. The number of ether oxygens (including phenoxy) is 1. The van der Waals surface area contributed by atoms with Gasteiger partial charge in [0.15, 0.2) is 4.77 Å². The van der Waals surface area contributed by atoms with Crippen molar-refractivity contribution < 1.29 is 4.74 Å². The number of nitrogens with zero attached hydrogens (tertiary/aromatic N) is 2. The number of aromatic nitrogens is 3. The third-order valence-electron chi connectivity index (χ3n) is 3.97. The van der Waals surface area contributed by atoms with E-state index in [-0.39, 0.29) is 5.41 Å². The molecule has 2 atom stereocenters. The summed E-state index contributed by atoms with van der Waals surface area (Å²) in [6.07, 6.45) is 1.32. The van der Waals surface area contributed by atoms with E-state index in [0.29, 0.717) is 18.1 Å². The Morgan fingerprint density at radius 1 is 1.53 bits per heavy atom. The number of methoxy groups -OCH3 is 1. The van der Waals surface area contributed by atoms with Crippen molar-refractivity contribution in [2.75, 3.05) is 7.11 Å². The summed E-state index contributed by atoms with van der Waals surface area (Å²) in [6.45, 7) is 8.74. The molecular weight excluding hydrogens is 234 g/mol. The van der Waals surface area contributed by atoms with Gasteiger partial charge in [-0.05, 0) is 18.6 Å². The minimum atomic E-state index is 0.112. The van der Waals surface area contributed by atoms with Gasteiger partial charge in [-0.1, -0.05) is 27.7 Å². The van der Waals surface area contributed by atoms with Gasteiger partial charge in [0, 0.05) is 24.5 Å². The Bertz CT molecular complexity index is 461. The topological polar surface area (TPSA) is 42.8 Å². The smallest absolute Gasteiger partial charge is 0.195 e. The standard InChI is InChI=1S/C12H21N3OS/c1-7(2)10-13-14-11(17)15(10)8-6-9(16-5)12(8,3)4/h7-9H,6H2,1-5H3,(H,14,17). The Kier molecular flexibility index (Phi) is 3.16. The van der Waals surface area contributed by atoms with Gasteiger partial charge in [-0.15, -0.1) is 0 Å². The number of H-pyrrole nitrogens is 1. The Morgan fingerprint density at radius 2 is 2.18 bits per heavy atom. The van der Waals surface area contributed by atoms with Crippen molar-refractivity contribution in [2.24, 2.45) is 5.41 Å². The van der Waals surface area contributed by atoms with Crippen molar-refractivity contribution in [2.45, 2.75) is 52.2 Å². The molecule has 2 unspecified atom stereocenters. The van der Waals surface area contributed by atoms with Crippen LogP contribution in [0.5, 0.6) is 0 Å². The van der Waals surface area contributed by atoms with Gasteiger partial charge in [0.25, 0.3) is 0 Å². The van der Waals surface area contributed by atoms with Crippen molar-refractivity contribution in [1.29, 1.82) is 0 Å². The second kappa shape index (κ2) is 4.21. The van der Waals surface area contributed by atoms with E-state index in [1.54, 1.807) is 7.11 Å². The largest absolute Gasteiger partial charge is 0.381 e. The molecule has 0 radical (unpaired) electrons. The van der Waals surface area contributed by atoms with E-state index >= 15 is 0 Å². The lowest BCUT2D eigenvalue weighted by Gasteiger charge is -2.51. The van der Waals surface area contributed by atoms with Crippen LogP contribution in [0, 0.1) is 10.2 Å². The van der Waals surface area contributed by atoms with E-state index in [1.165, 1.54) is 0 Å². The first-order valence-corrected chi connectivity index (χ1v) is 6.50. The van der Waals surface area contributed by atoms with Crippen LogP contribution in [0.3, 0.4) is 0 Å². The molecule has 1 aromatic heterocycles. The van der Waals surface area contributed by atoms with E-state index in [9.17, 15) is 0 Å². The van der Waals surface area contributed by atoms with E-state index in [4.69, 9.17) is 17.0 Å². The molecule has 0 aromatic carbocycles. The van der Waals surface area contributed by atoms with Crippen LogP contribution in [0.15, 0.2) is 0 Å². The fraction of sp³-hybridized carbons (Fsp3) is 0.833. The normalized spacial score (nSPS) is 27.2. The predicted octanol–water partition coefficient (Wildman–Crippen LogP) is 3.05. The Hall–Kier alpha value is -0.680. The van der Waals surface area contributed by atoms with Crippen LogP contribution in [0.1, 0.15) is 51.9 Å². The molecule has 1 aliphatic rings. The fourth-order valence-corrected chi connectivity index (χ4v) is 2.99. The summed E-state index contributed by atoms with van der Waals surface area (Å²) in [5.74, 6) is 1.42. The molecule has 1 heterocycles. The van der Waals surface area contributed by atoms with Gasteiger partial charge in [0.1, 0.15) is 5.82 Å². The molecule has 1 N–H and O–H groups in total. The summed E-state index contributed by atoms with van der Waals surface area (Å²) in [6, 6.07) is 0.385. The molecule has 0 saturated heterocycles.